The molecule has 1 unspecified atom stereocenters. The Morgan fingerprint density at radius 3 is 2.43 bits per heavy atom. The third-order valence-electron chi connectivity index (χ3n) is 3.24. The van der Waals surface area contributed by atoms with Gasteiger partial charge in [0.2, 0.25) is 0 Å². The molecular formula is C17H26N2O2. The maximum atomic E-state index is 9.27. The minimum atomic E-state index is -0.549. The van der Waals surface area contributed by atoms with Crippen molar-refractivity contribution in [1.29, 1.82) is 5.26 Å². The fraction of sp³-hybridized carbons (Fsp3) is 0.588. The van der Waals surface area contributed by atoms with Gasteiger partial charge in [0.1, 0.15) is 11.3 Å². The van der Waals surface area contributed by atoms with Crippen molar-refractivity contribution in [1.82, 2.24) is 5.32 Å². The minimum absolute atomic E-state index is 0.273. The van der Waals surface area contributed by atoms with E-state index in [2.05, 4.69) is 11.4 Å². The summed E-state index contributed by atoms with van der Waals surface area (Å²) in [7, 11) is 1.70. The number of hydrogen-bond acceptors (Lipinski definition) is 4. The lowest BCUT2D eigenvalue weighted by Gasteiger charge is -2.25. The molecule has 1 rings (SSSR count). The Balaban J connectivity index is 2.43. The van der Waals surface area contributed by atoms with Gasteiger partial charge in [-0.05, 0) is 44.9 Å². The molecule has 4 nitrogen and oxygen atoms in total. The summed E-state index contributed by atoms with van der Waals surface area (Å²) < 4.78 is 10.8. The van der Waals surface area contributed by atoms with Crippen molar-refractivity contribution < 1.29 is 9.47 Å². The van der Waals surface area contributed by atoms with Gasteiger partial charge in [0, 0.05) is 19.6 Å². The largest absolute Gasteiger partial charge is 0.493 e. The van der Waals surface area contributed by atoms with Crippen LogP contribution in [-0.4, -0.2) is 31.9 Å². The number of ether oxygens (including phenoxy) is 2. The normalized spacial score (nSPS) is 13.7. The standard InChI is InChI=1S/C17H26N2O2/c1-14(2)19-17(3,13-18)10-12-21-16-7-5-15(6-8-16)9-11-20-4/h5-8,14,19H,9-12H2,1-4H3. The molecule has 4 heteroatoms. The number of nitriles is 1. The summed E-state index contributed by atoms with van der Waals surface area (Å²) in [5.41, 5.74) is 0.680. The van der Waals surface area contributed by atoms with Crippen molar-refractivity contribution >= 4 is 0 Å². The van der Waals surface area contributed by atoms with Crippen LogP contribution in [0.5, 0.6) is 5.75 Å². The first-order chi connectivity index (χ1) is 9.99. The summed E-state index contributed by atoms with van der Waals surface area (Å²) in [5.74, 6) is 0.834. The third-order valence-corrected chi connectivity index (χ3v) is 3.24. The van der Waals surface area contributed by atoms with E-state index in [4.69, 9.17) is 9.47 Å². The Labute approximate surface area is 128 Å². The van der Waals surface area contributed by atoms with Crippen LogP contribution >= 0.6 is 0 Å². The first-order valence-electron chi connectivity index (χ1n) is 7.39. The van der Waals surface area contributed by atoms with Gasteiger partial charge in [0.05, 0.1) is 19.3 Å². The van der Waals surface area contributed by atoms with E-state index < -0.39 is 5.54 Å². The van der Waals surface area contributed by atoms with E-state index in [1.165, 1.54) is 5.56 Å². The number of hydrogen-bond donors (Lipinski definition) is 1. The van der Waals surface area contributed by atoms with Crippen molar-refractivity contribution in [2.45, 2.75) is 45.2 Å². The maximum absolute atomic E-state index is 9.27. The van der Waals surface area contributed by atoms with Crippen molar-refractivity contribution in [2.24, 2.45) is 0 Å². The van der Waals surface area contributed by atoms with Crippen LogP contribution in [0.3, 0.4) is 0 Å². The molecule has 1 aromatic carbocycles. The van der Waals surface area contributed by atoms with E-state index in [0.29, 0.717) is 13.0 Å². The molecule has 0 aliphatic heterocycles. The van der Waals surface area contributed by atoms with Crippen LogP contribution < -0.4 is 10.1 Å². The highest BCUT2D eigenvalue weighted by molar-refractivity contribution is 5.27. The number of nitrogens with zero attached hydrogens (tertiary/aromatic N) is 1. The van der Waals surface area contributed by atoms with Crippen molar-refractivity contribution in [2.75, 3.05) is 20.3 Å². The van der Waals surface area contributed by atoms with Crippen LogP contribution in [0, 0.1) is 11.3 Å². The Morgan fingerprint density at radius 2 is 1.90 bits per heavy atom. The summed E-state index contributed by atoms with van der Waals surface area (Å²) in [6.07, 6.45) is 1.55. The Morgan fingerprint density at radius 1 is 1.24 bits per heavy atom. The van der Waals surface area contributed by atoms with E-state index in [1.54, 1.807) is 7.11 Å². The predicted octanol–water partition coefficient (Wildman–Crippen LogP) is 2.92. The van der Waals surface area contributed by atoms with Crippen LogP contribution in [0.4, 0.5) is 0 Å². The number of nitrogens with one attached hydrogen (secondary N) is 1. The lowest BCUT2D eigenvalue weighted by Crippen LogP contribution is -2.45. The molecule has 0 aromatic heterocycles. The topological polar surface area (TPSA) is 54.3 Å². The third kappa shape index (κ3) is 6.61. The van der Waals surface area contributed by atoms with Crippen molar-refractivity contribution in [3.05, 3.63) is 29.8 Å². The molecule has 116 valence electrons. The average molecular weight is 290 g/mol. The van der Waals surface area contributed by atoms with E-state index >= 15 is 0 Å². The van der Waals surface area contributed by atoms with Crippen LogP contribution in [0.1, 0.15) is 32.8 Å². The van der Waals surface area contributed by atoms with Gasteiger partial charge in [-0.15, -0.1) is 0 Å². The van der Waals surface area contributed by atoms with Gasteiger partial charge in [-0.1, -0.05) is 12.1 Å². The molecule has 0 saturated heterocycles. The van der Waals surface area contributed by atoms with Gasteiger partial charge in [-0.2, -0.15) is 5.26 Å². The van der Waals surface area contributed by atoms with Crippen LogP contribution in [0.25, 0.3) is 0 Å². The zero-order valence-corrected chi connectivity index (χ0v) is 13.5. The lowest BCUT2D eigenvalue weighted by molar-refractivity contribution is 0.202. The summed E-state index contributed by atoms with van der Waals surface area (Å²) in [5, 5.41) is 12.5. The number of rotatable bonds is 9. The fourth-order valence-electron chi connectivity index (χ4n) is 2.14. The van der Waals surface area contributed by atoms with Crippen LogP contribution in [0.15, 0.2) is 24.3 Å². The van der Waals surface area contributed by atoms with Gasteiger partial charge >= 0.3 is 0 Å². The number of benzene rings is 1. The number of methoxy groups -OCH3 is 1. The molecule has 0 aliphatic rings. The molecule has 0 heterocycles. The molecule has 1 N–H and O–H groups in total. The highest BCUT2D eigenvalue weighted by Gasteiger charge is 2.24. The highest BCUT2D eigenvalue weighted by atomic mass is 16.5. The van der Waals surface area contributed by atoms with Crippen molar-refractivity contribution in [3.63, 3.8) is 0 Å². The monoisotopic (exact) mass is 290 g/mol. The van der Waals surface area contributed by atoms with Gasteiger partial charge in [-0.3, -0.25) is 5.32 Å². The van der Waals surface area contributed by atoms with E-state index in [-0.39, 0.29) is 6.04 Å². The average Bonchev–Trinajstić information content (AvgIpc) is 2.45. The summed E-state index contributed by atoms with van der Waals surface area (Å²) in [6, 6.07) is 10.6. The van der Waals surface area contributed by atoms with Gasteiger partial charge in [0.25, 0.3) is 0 Å². The SMILES string of the molecule is COCCc1ccc(OCCC(C)(C#N)NC(C)C)cc1. The smallest absolute Gasteiger partial charge is 0.119 e. The van der Waals surface area contributed by atoms with Gasteiger partial charge in [0.15, 0.2) is 0 Å². The predicted molar refractivity (Wildman–Crippen MR) is 84.4 cm³/mol. The maximum Gasteiger partial charge on any atom is 0.119 e. The van der Waals surface area contributed by atoms with E-state index in [9.17, 15) is 5.26 Å². The molecule has 0 radical (unpaired) electrons. The Bertz CT molecular complexity index is 451. The van der Waals surface area contributed by atoms with Crippen LogP contribution in [0.2, 0.25) is 0 Å². The molecule has 0 aliphatic carbocycles. The molecule has 1 atom stereocenters. The minimum Gasteiger partial charge on any atom is -0.493 e. The van der Waals surface area contributed by atoms with Gasteiger partial charge in [-0.25, -0.2) is 0 Å². The van der Waals surface area contributed by atoms with Crippen molar-refractivity contribution in [3.8, 4) is 11.8 Å². The summed E-state index contributed by atoms with van der Waals surface area (Å²) in [6.45, 7) is 7.22. The Kier molecular flexibility index (Phi) is 7.21. The van der Waals surface area contributed by atoms with E-state index in [1.807, 2.05) is 45.0 Å². The first-order valence-corrected chi connectivity index (χ1v) is 7.39. The molecule has 0 fully saturated rings. The van der Waals surface area contributed by atoms with E-state index in [0.717, 1.165) is 18.8 Å². The fourth-order valence-corrected chi connectivity index (χ4v) is 2.14. The quantitative estimate of drug-likeness (QED) is 0.760. The highest BCUT2D eigenvalue weighted by Crippen LogP contribution is 2.15. The molecule has 0 bridgehead atoms. The second kappa shape index (κ2) is 8.66. The van der Waals surface area contributed by atoms with Gasteiger partial charge < -0.3 is 9.47 Å². The molecule has 0 amide bonds. The first kappa shape index (κ1) is 17.5. The second-order valence-electron chi connectivity index (χ2n) is 5.73. The lowest BCUT2D eigenvalue weighted by atomic mass is 9.99. The summed E-state index contributed by atoms with van der Waals surface area (Å²) >= 11 is 0. The zero-order valence-electron chi connectivity index (χ0n) is 13.5. The molecule has 1 aromatic rings. The zero-order chi connectivity index (χ0) is 15.7. The second-order valence-corrected chi connectivity index (χ2v) is 5.73. The summed E-state index contributed by atoms with van der Waals surface area (Å²) in [4.78, 5) is 0. The molecule has 0 saturated carbocycles. The molecular weight excluding hydrogens is 264 g/mol. The molecule has 0 spiro atoms. The molecule has 21 heavy (non-hydrogen) atoms. The van der Waals surface area contributed by atoms with Crippen LogP contribution in [-0.2, 0) is 11.2 Å². The Hall–Kier alpha value is -1.57.